The Kier molecular flexibility index (Phi) is 5.52. The number of nitrogens with zero attached hydrogens (tertiary/aromatic N) is 4. The first-order valence-corrected chi connectivity index (χ1v) is 11.0. The molecule has 3 aromatic carbocycles. The molecule has 2 heterocycles. The summed E-state index contributed by atoms with van der Waals surface area (Å²) in [6.07, 6.45) is 1.95. The fourth-order valence-corrected chi connectivity index (χ4v) is 4.53. The molecule has 1 fully saturated rings. The number of rotatable bonds is 5. The van der Waals surface area contributed by atoms with E-state index in [9.17, 15) is 14.9 Å². The molecule has 0 bridgehead atoms. The molecule has 0 spiro atoms. The zero-order chi connectivity index (χ0) is 22.8. The second-order valence-electron chi connectivity index (χ2n) is 8.20. The van der Waals surface area contributed by atoms with E-state index in [-0.39, 0.29) is 16.5 Å². The highest BCUT2D eigenvalue weighted by Gasteiger charge is 2.27. The van der Waals surface area contributed by atoms with E-state index in [0.29, 0.717) is 44.0 Å². The topological polar surface area (TPSA) is 71.6 Å². The lowest BCUT2D eigenvalue weighted by atomic mass is 10.1. The van der Waals surface area contributed by atoms with Crippen LogP contribution in [0.25, 0.3) is 10.9 Å². The highest BCUT2D eigenvalue weighted by molar-refractivity contribution is 6.07. The van der Waals surface area contributed by atoms with Crippen molar-refractivity contribution >= 4 is 28.2 Å². The van der Waals surface area contributed by atoms with Crippen LogP contribution in [0.4, 0.5) is 11.4 Å². The number of aromatic nitrogens is 1. The fourth-order valence-electron chi connectivity index (χ4n) is 4.53. The van der Waals surface area contributed by atoms with Crippen molar-refractivity contribution in [3.05, 3.63) is 106 Å². The maximum atomic E-state index is 13.5. The average molecular weight is 441 g/mol. The molecule has 0 atom stereocenters. The lowest BCUT2D eigenvalue weighted by Crippen LogP contribution is -2.48. The Morgan fingerprint density at radius 2 is 1.52 bits per heavy atom. The molecule has 7 nitrogen and oxygen atoms in total. The van der Waals surface area contributed by atoms with Gasteiger partial charge in [-0.1, -0.05) is 60.7 Å². The van der Waals surface area contributed by atoms with E-state index >= 15 is 0 Å². The monoisotopic (exact) mass is 440 g/mol. The van der Waals surface area contributed by atoms with Crippen molar-refractivity contribution < 1.29 is 9.72 Å². The van der Waals surface area contributed by atoms with E-state index in [1.54, 1.807) is 18.2 Å². The Hall–Kier alpha value is -4.13. The number of hydrogen-bond donors (Lipinski definition) is 0. The van der Waals surface area contributed by atoms with Crippen molar-refractivity contribution in [2.24, 2.45) is 0 Å². The highest BCUT2D eigenvalue weighted by Crippen LogP contribution is 2.29. The van der Waals surface area contributed by atoms with E-state index in [1.165, 1.54) is 11.6 Å². The van der Waals surface area contributed by atoms with Crippen LogP contribution in [-0.2, 0) is 6.54 Å². The number of hydrogen-bond acceptors (Lipinski definition) is 4. The third-order valence-electron chi connectivity index (χ3n) is 6.20. The fraction of sp³-hybridized carbons (Fsp3) is 0.192. The zero-order valence-electron chi connectivity index (χ0n) is 18.1. The molecule has 0 N–H and O–H groups in total. The van der Waals surface area contributed by atoms with Crippen LogP contribution in [0.3, 0.4) is 0 Å². The number of nitro benzene ring substituents is 1. The number of anilines is 1. The van der Waals surface area contributed by atoms with Crippen LogP contribution in [0.5, 0.6) is 0 Å². The minimum atomic E-state index is -0.353. The number of carbonyl (C=O) groups excluding carboxylic acids is 1. The van der Waals surface area contributed by atoms with Gasteiger partial charge in [-0.15, -0.1) is 0 Å². The van der Waals surface area contributed by atoms with E-state index in [0.717, 1.165) is 10.9 Å². The van der Waals surface area contributed by atoms with Crippen molar-refractivity contribution in [2.75, 3.05) is 31.1 Å². The normalized spacial score (nSPS) is 13.9. The number of amides is 1. The summed E-state index contributed by atoms with van der Waals surface area (Å²) in [6.45, 7) is 2.84. The molecule has 0 unspecified atom stereocenters. The number of benzene rings is 3. The van der Waals surface area contributed by atoms with Gasteiger partial charge in [0.2, 0.25) is 0 Å². The van der Waals surface area contributed by atoms with Crippen LogP contribution in [0.15, 0.2) is 85.1 Å². The van der Waals surface area contributed by atoms with Crippen molar-refractivity contribution in [3.63, 3.8) is 0 Å². The largest absolute Gasteiger partial charge is 0.362 e. The Bertz CT molecular complexity index is 1310. The summed E-state index contributed by atoms with van der Waals surface area (Å²) in [4.78, 5) is 28.4. The first kappa shape index (κ1) is 20.8. The molecule has 4 aromatic rings. The quantitative estimate of drug-likeness (QED) is 0.337. The summed E-state index contributed by atoms with van der Waals surface area (Å²) in [5, 5.41) is 12.3. The molecular weight excluding hydrogens is 416 g/mol. The van der Waals surface area contributed by atoms with Crippen LogP contribution < -0.4 is 4.90 Å². The Morgan fingerprint density at radius 1 is 0.848 bits per heavy atom. The lowest BCUT2D eigenvalue weighted by molar-refractivity contribution is -0.384. The predicted molar refractivity (Wildman–Crippen MR) is 129 cm³/mol. The van der Waals surface area contributed by atoms with Crippen LogP contribution in [-0.4, -0.2) is 46.5 Å². The van der Waals surface area contributed by atoms with Gasteiger partial charge in [0.15, 0.2) is 0 Å². The SMILES string of the molecule is O=C(c1cn(Cc2ccccc2)c2ccccc12)N1CCN(c2ccccc2[N+](=O)[O-])CC1. The van der Waals surface area contributed by atoms with Gasteiger partial charge in [0.25, 0.3) is 11.6 Å². The van der Waals surface area contributed by atoms with Gasteiger partial charge in [0.05, 0.1) is 10.5 Å². The van der Waals surface area contributed by atoms with Gasteiger partial charge < -0.3 is 14.4 Å². The van der Waals surface area contributed by atoms with Crippen LogP contribution in [0.1, 0.15) is 15.9 Å². The van der Waals surface area contributed by atoms with Gasteiger partial charge in [-0.2, -0.15) is 0 Å². The Balaban J connectivity index is 1.37. The average Bonchev–Trinajstić information content (AvgIpc) is 3.22. The molecule has 1 saturated heterocycles. The van der Waals surface area contributed by atoms with E-state index in [4.69, 9.17) is 0 Å². The van der Waals surface area contributed by atoms with Crippen molar-refractivity contribution in [1.82, 2.24) is 9.47 Å². The maximum absolute atomic E-state index is 13.5. The van der Waals surface area contributed by atoms with E-state index in [1.807, 2.05) is 58.5 Å². The molecule has 0 aliphatic carbocycles. The molecule has 7 heteroatoms. The Labute approximate surface area is 191 Å². The molecule has 1 aliphatic rings. The van der Waals surface area contributed by atoms with Crippen molar-refractivity contribution in [2.45, 2.75) is 6.54 Å². The highest BCUT2D eigenvalue weighted by atomic mass is 16.6. The van der Waals surface area contributed by atoms with E-state index < -0.39 is 0 Å². The van der Waals surface area contributed by atoms with Crippen molar-refractivity contribution in [1.29, 1.82) is 0 Å². The zero-order valence-corrected chi connectivity index (χ0v) is 18.1. The smallest absolute Gasteiger partial charge is 0.292 e. The Morgan fingerprint density at radius 3 is 2.27 bits per heavy atom. The van der Waals surface area contributed by atoms with Gasteiger partial charge in [0, 0.05) is 55.9 Å². The van der Waals surface area contributed by atoms with Gasteiger partial charge in [-0.3, -0.25) is 14.9 Å². The van der Waals surface area contributed by atoms with Gasteiger partial charge in [-0.25, -0.2) is 0 Å². The molecule has 5 rings (SSSR count). The number of nitro groups is 1. The second-order valence-corrected chi connectivity index (χ2v) is 8.20. The number of carbonyl (C=O) groups is 1. The summed E-state index contributed by atoms with van der Waals surface area (Å²) >= 11 is 0. The van der Waals surface area contributed by atoms with Crippen LogP contribution >= 0.6 is 0 Å². The predicted octanol–water partition coefficient (Wildman–Crippen LogP) is 4.56. The minimum absolute atomic E-state index is 0.000207. The van der Waals surface area contributed by atoms with Gasteiger partial charge >= 0.3 is 0 Å². The maximum Gasteiger partial charge on any atom is 0.292 e. The molecule has 0 saturated carbocycles. The number of fused-ring (bicyclic) bond motifs is 1. The third-order valence-corrected chi connectivity index (χ3v) is 6.20. The first-order valence-electron chi connectivity index (χ1n) is 11.0. The summed E-state index contributed by atoms with van der Waals surface area (Å²) < 4.78 is 2.13. The second kappa shape index (κ2) is 8.78. The molecule has 0 radical (unpaired) electrons. The summed E-state index contributed by atoms with van der Waals surface area (Å²) in [5.74, 6) is 0.000207. The van der Waals surface area contributed by atoms with Crippen LogP contribution in [0.2, 0.25) is 0 Å². The first-order chi connectivity index (χ1) is 16.1. The van der Waals surface area contributed by atoms with E-state index in [2.05, 4.69) is 16.7 Å². The third kappa shape index (κ3) is 4.05. The lowest BCUT2D eigenvalue weighted by Gasteiger charge is -2.35. The van der Waals surface area contributed by atoms with Crippen molar-refractivity contribution in [3.8, 4) is 0 Å². The molecule has 1 aromatic heterocycles. The minimum Gasteiger partial charge on any atom is -0.362 e. The summed E-state index contributed by atoms with van der Waals surface area (Å²) in [5.41, 5.74) is 3.61. The summed E-state index contributed by atoms with van der Waals surface area (Å²) in [6, 6.07) is 25.0. The standard InChI is InChI=1S/C26H24N4O3/c31-26(28-16-14-27(15-17-28)24-12-6-7-13-25(24)30(32)33)22-19-29(18-20-8-2-1-3-9-20)23-11-5-4-10-21(22)23/h1-13,19H,14-18H2. The van der Waals surface area contributed by atoms with Crippen LogP contribution in [0, 0.1) is 10.1 Å². The molecule has 33 heavy (non-hydrogen) atoms. The summed E-state index contributed by atoms with van der Waals surface area (Å²) in [7, 11) is 0. The molecule has 166 valence electrons. The number of piperazine rings is 1. The molecular formula is C26H24N4O3. The number of para-hydroxylation sites is 3. The molecule has 1 amide bonds. The van der Waals surface area contributed by atoms with Gasteiger partial charge in [0.1, 0.15) is 5.69 Å². The molecule has 1 aliphatic heterocycles. The van der Waals surface area contributed by atoms with Gasteiger partial charge in [-0.05, 0) is 17.7 Å².